The van der Waals surface area contributed by atoms with Gasteiger partial charge in [0.2, 0.25) is 0 Å². The van der Waals surface area contributed by atoms with Gasteiger partial charge in [0, 0.05) is 11.1 Å². The molecule has 7 atom stereocenters. The van der Waals surface area contributed by atoms with Crippen LogP contribution in [0.3, 0.4) is 0 Å². The quantitative estimate of drug-likeness (QED) is 0.596. The van der Waals surface area contributed by atoms with E-state index < -0.39 is 41.6 Å². The average molecular weight is 360 g/mol. The van der Waals surface area contributed by atoms with Crippen LogP contribution in [0, 0.1) is 23.2 Å². The number of aliphatic hydroxyl groups is 1. The number of rotatable bonds is 2. The number of esters is 2. The molecule has 2 fully saturated rings. The lowest BCUT2D eigenvalue weighted by Crippen LogP contribution is -2.49. The molecule has 26 heavy (non-hydrogen) atoms. The molecule has 3 rings (SSSR count). The molecular weight excluding hydrogens is 336 g/mol. The van der Waals surface area contributed by atoms with Crippen molar-refractivity contribution in [2.45, 2.75) is 46.0 Å². The van der Waals surface area contributed by atoms with Gasteiger partial charge in [0.05, 0.1) is 17.4 Å². The minimum Gasteiger partial charge on any atom is -0.457 e. The van der Waals surface area contributed by atoms with Crippen LogP contribution in [0.15, 0.2) is 36.0 Å². The van der Waals surface area contributed by atoms with Gasteiger partial charge in [0.15, 0.2) is 5.78 Å². The number of ether oxygens (including phenoxy) is 2. The van der Waals surface area contributed by atoms with Crippen LogP contribution in [0.4, 0.5) is 0 Å². The fourth-order valence-corrected chi connectivity index (χ4v) is 4.44. The molecule has 3 aliphatic rings. The van der Waals surface area contributed by atoms with Crippen molar-refractivity contribution in [2.24, 2.45) is 23.2 Å². The Morgan fingerprint density at radius 2 is 2.08 bits per heavy atom. The lowest BCUT2D eigenvalue weighted by molar-refractivity contribution is -0.161. The van der Waals surface area contributed by atoms with E-state index in [4.69, 9.17) is 9.47 Å². The van der Waals surface area contributed by atoms with Crippen LogP contribution in [0.1, 0.15) is 27.7 Å². The molecule has 2 aliphatic carbocycles. The molecule has 0 bridgehead atoms. The molecule has 7 unspecified atom stereocenters. The second kappa shape index (κ2) is 6.20. The summed E-state index contributed by atoms with van der Waals surface area (Å²) < 4.78 is 11.1. The highest BCUT2D eigenvalue weighted by molar-refractivity contribution is 5.99. The summed E-state index contributed by atoms with van der Waals surface area (Å²) in [5, 5.41) is 10.8. The second-order valence-corrected chi connectivity index (χ2v) is 7.60. The zero-order valence-corrected chi connectivity index (χ0v) is 15.4. The Kier molecular flexibility index (Phi) is 4.43. The molecule has 0 aromatic rings. The minimum atomic E-state index is -1.10. The highest BCUT2D eigenvalue weighted by atomic mass is 16.6. The summed E-state index contributed by atoms with van der Waals surface area (Å²) >= 11 is 0. The lowest BCUT2D eigenvalue weighted by Gasteiger charge is -2.39. The molecule has 6 nitrogen and oxygen atoms in total. The van der Waals surface area contributed by atoms with E-state index >= 15 is 0 Å². The van der Waals surface area contributed by atoms with Crippen LogP contribution in [-0.4, -0.2) is 41.1 Å². The Morgan fingerprint density at radius 1 is 1.42 bits per heavy atom. The van der Waals surface area contributed by atoms with Gasteiger partial charge < -0.3 is 14.6 Å². The van der Waals surface area contributed by atoms with Crippen LogP contribution in [0.2, 0.25) is 0 Å². The number of hydrogen-bond donors (Lipinski definition) is 1. The molecule has 0 spiro atoms. The van der Waals surface area contributed by atoms with Gasteiger partial charge in [0.1, 0.15) is 12.2 Å². The third kappa shape index (κ3) is 2.39. The van der Waals surface area contributed by atoms with Gasteiger partial charge in [-0.15, -0.1) is 0 Å². The minimum absolute atomic E-state index is 0.124. The number of hydrogen-bond acceptors (Lipinski definition) is 6. The van der Waals surface area contributed by atoms with Gasteiger partial charge in [-0.1, -0.05) is 25.7 Å². The van der Waals surface area contributed by atoms with E-state index in [-0.39, 0.29) is 23.2 Å². The number of ketones is 1. The fraction of sp³-hybridized carbons (Fsp3) is 0.550. The van der Waals surface area contributed by atoms with Gasteiger partial charge in [-0.25, -0.2) is 9.59 Å². The molecule has 1 heterocycles. The lowest BCUT2D eigenvalue weighted by atomic mass is 9.67. The standard InChI is InChI=1S/C20H24O6/c1-6-9(2)18(23)26-17-14-11(4)19(24)25-16(14)15(22)10(3)12-7-8-13(21)20(12,17)5/h6-8,10,12,14-17,22H,4H2,1-3,5H3. The monoisotopic (exact) mass is 360 g/mol. The summed E-state index contributed by atoms with van der Waals surface area (Å²) in [6.07, 6.45) is 2.00. The predicted molar refractivity (Wildman–Crippen MR) is 92.7 cm³/mol. The Hall–Kier alpha value is -2.21. The van der Waals surface area contributed by atoms with E-state index in [1.54, 1.807) is 32.9 Å². The highest BCUT2D eigenvalue weighted by Gasteiger charge is 2.64. The van der Waals surface area contributed by atoms with Crippen molar-refractivity contribution in [3.63, 3.8) is 0 Å². The maximum Gasteiger partial charge on any atom is 0.334 e. The molecule has 0 amide bonds. The van der Waals surface area contributed by atoms with E-state index in [2.05, 4.69) is 6.58 Å². The highest BCUT2D eigenvalue weighted by Crippen LogP contribution is 2.54. The van der Waals surface area contributed by atoms with Crippen LogP contribution in [-0.2, 0) is 23.9 Å². The summed E-state index contributed by atoms with van der Waals surface area (Å²) in [5.41, 5.74) is -0.576. The van der Waals surface area contributed by atoms with E-state index in [1.807, 2.05) is 6.92 Å². The molecule has 0 aromatic heterocycles. The summed E-state index contributed by atoms with van der Waals surface area (Å²) in [7, 11) is 0. The fourth-order valence-electron chi connectivity index (χ4n) is 4.44. The Bertz CT molecular complexity index is 747. The first kappa shape index (κ1) is 18.6. The summed E-state index contributed by atoms with van der Waals surface area (Å²) in [6.45, 7) is 10.7. The first-order valence-electron chi connectivity index (χ1n) is 8.79. The summed E-state index contributed by atoms with van der Waals surface area (Å²) in [4.78, 5) is 37.4. The number of aliphatic hydroxyl groups excluding tert-OH is 1. The van der Waals surface area contributed by atoms with Gasteiger partial charge >= 0.3 is 11.9 Å². The molecule has 140 valence electrons. The van der Waals surface area contributed by atoms with Crippen LogP contribution < -0.4 is 0 Å². The Labute approximate surface area is 152 Å². The largest absolute Gasteiger partial charge is 0.457 e. The van der Waals surface area contributed by atoms with E-state index in [9.17, 15) is 19.5 Å². The van der Waals surface area contributed by atoms with Gasteiger partial charge in [0.25, 0.3) is 0 Å². The van der Waals surface area contributed by atoms with Crippen LogP contribution in [0.5, 0.6) is 0 Å². The van der Waals surface area contributed by atoms with Crippen molar-refractivity contribution in [1.29, 1.82) is 0 Å². The molecule has 1 saturated carbocycles. The molecule has 0 radical (unpaired) electrons. The van der Waals surface area contributed by atoms with Crippen molar-refractivity contribution >= 4 is 17.7 Å². The van der Waals surface area contributed by atoms with Crippen molar-refractivity contribution in [3.05, 3.63) is 36.0 Å². The van der Waals surface area contributed by atoms with Crippen LogP contribution >= 0.6 is 0 Å². The molecular formula is C20H24O6. The Morgan fingerprint density at radius 3 is 2.69 bits per heavy atom. The van der Waals surface area contributed by atoms with Crippen molar-refractivity contribution in [1.82, 2.24) is 0 Å². The van der Waals surface area contributed by atoms with Crippen molar-refractivity contribution in [2.75, 3.05) is 0 Å². The van der Waals surface area contributed by atoms with Gasteiger partial charge in [-0.2, -0.15) is 0 Å². The zero-order valence-electron chi connectivity index (χ0n) is 15.4. The Balaban J connectivity index is 2.14. The van der Waals surface area contributed by atoms with Gasteiger partial charge in [-0.3, -0.25) is 4.79 Å². The van der Waals surface area contributed by atoms with E-state index in [1.165, 1.54) is 6.08 Å². The third-order valence-corrected chi connectivity index (χ3v) is 6.29. The summed E-state index contributed by atoms with van der Waals surface area (Å²) in [5.74, 6) is -2.86. The van der Waals surface area contributed by atoms with Crippen LogP contribution in [0.25, 0.3) is 0 Å². The maximum atomic E-state index is 12.8. The molecule has 1 saturated heterocycles. The number of fused-ring (bicyclic) bond motifs is 2. The maximum absolute atomic E-state index is 12.8. The number of carbonyl (C=O) groups is 3. The number of carbonyl (C=O) groups excluding carboxylic acids is 3. The third-order valence-electron chi connectivity index (χ3n) is 6.29. The predicted octanol–water partition coefficient (Wildman–Crippen LogP) is 1.73. The van der Waals surface area contributed by atoms with Crippen molar-refractivity contribution < 1.29 is 29.0 Å². The van der Waals surface area contributed by atoms with Gasteiger partial charge in [-0.05, 0) is 38.7 Å². The molecule has 6 heteroatoms. The smallest absolute Gasteiger partial charge is 0.334 e. The first-order chi connectivity index (χ1) is 12.1. The zero-order chi connectivity index (χ0) is 19.4. The average Bonchev–Trinajstić information content (AvgIpc) is 3.06. The SMILES string of the molecule is C=C1C(=O)OC2C(O)C(C)C3C=CC(=O)C3(C)C(OC(=O)C(C)=CC)C12. The normalized spacial score (nSPS) is 42.2. The van der Waals surface area contributed by atoms with E-state index in [0.717, 1.165) is 0 Å². The van der Waals surface area contributed by atoms with E-state index in [0.29, 0.717) is 5.57 Å². The molecule has 1 N–H and O–H groups in total. The molecule has 0 aromatic carbocycles. The second-order valence-electron chi connectivity index (χ2n) is 7.60. The molecule has 1 aliphatic heterocycles. The first-order valence-corrected chi connectivity index (χ1v) is 8.79. The topological polar surface area (TPSA) is 89.9 Å². The summed E-state index contributed by atoms with van der Waals surface area (Å²) in [6, 6.07) is 0. The van der Waals surface area contributed by atoms with Crippen molar-refractivity contribution in [3.8, 4) is 0 Å². The number of allylic oxidation sites excluding steroid dienone is 3.